The highest BCUT2D eigenvalue weighted by Crippen LogP contribution is 2.51. The molecule has 2 heteroatoms. The summed E-state index contributed by atoms with van der Waals surface area (Å²) in [5, 5.41) is 7.35. The summed E-state index contributed by atoms with van der Waals surface area (Å²) in [6, 6.07) is 70.2. The monoisotopic (exact) mass is 726 g/mol. The lowest BCUT2D eigenvalue weighted by Crippen LogP contribution is -2.15. The van der Waals surface area contributed by atoms with Crippen molar-refractivity contribution in [2.24, 2.45) is 0 Å². The zero-order valence-corrected chi connectivity index (χ0v) is 31.9. The van der Waals surface area contributed by atoms with E-state index in [1.807, 2.05) is 6.07 Å². The maximum atomic E-state index is 5.34. The largest absolute Gasteiger partial charge is 0.228 e. The summed E-state index contributed by atoms with van der Waals surface area (Å²) in [6.07, 6.45) is 0. The van der Waals surface area contributed by atoms with Crippen molar-refractivity contribution in [3.05, 3.63) is 205 Å². The van der Waals surface area contributed by atoms with E-state index in [2.05, 4.69) is 202 Å². The van der Waals surface area contributed by atoms with Crippen molar-refractivity contribution < 1.29 is 0 Å². The van der Waals surface area contributed by atoms with Gasteiger partial charge in [0.2, 0.25) is 0 Å². The standard InChI is InChI=1S/C55H38N2/c1-55(2)50-33-42(25-26-47(50)49-31-39-17-8-9-18-40(39)32-51(49)55)44-27-28-48(46-22-11-10-21-45(44)46)54-56-52(36-14-4-3-5-15-36)34-53(57-54)43-20-12-19-38(30-43)41-24-23-35-13-6-7-16-37(35)29-41/h3-34H,1-2H3. The molecule has 0 saturated carbocycles. The van der Waals surface area contributed by atoms with Gasteiger partial charge in [0, 0.05) is 22.1 Å². The third-order valence-corrected chi connectivity index (χ3v) is 12.1. The summed E-state index contributed by atoms with van der Waals surface area (Å²) in [7, 11) is 0. The van der Waals surface area contributed by atoms with Gasteiger partial charge in [-0.1, -0.05) is 166 Å². The average Bonchev–Trinajstić information content (AvgIpc) is 3.49. The average molecular weight is 727 g/mol. The second kappa shape index (κ2) is 13.0. The van der Waals surface area contributed by atoms with Gasteiger partial charge >= 0.3 is 0 Å². The minimum absolute atomic E-state index is 0.117. The second-order valence-electron chi connectivity index (χ2n) is 15.8. The Hall–Kier alpha value is -7.16. The molecule has 0 radical (unpaired) electrons. The van der Waals surface area contributed by atoms with Crippen LogP contribution >= 0.6 is 0 Å². The lowest BCUT2D eigenvalue weighted by Gasteiger charge is -2.22. The Morgan fingerprint density at radius 1 is 0.316 bits per heavy atom. The van der Waals surface area contributed by atoms with Gasteiger partial charge in [0.15, 0.2) is 5.82 Å². The van der Waals surface area contributed by atoms with E-state index in [0.717, 1.165) is 39.0 Å². The third-order valence-electron chi connectivity index (χ3n) is 12.1. The van der Waals surface area contributed by atoms with Crippen molar-refractivity contribution in [2.45, 2.75) is 19.3 Å². The van der Waals surface area contributed by atoms with Crippen LogP contribution in [0.2, 0.25) is 0 Å². The molecule has 0 atom stereocenters. The maximum absolute atomic E-state index is 5.34. The molecule has 0 spiro atoms. The summed E-state index contributed by atoms with van der Waals surface area (Å²) in [4.78, 5) is 10.6. The van der Waals surface area contributed by atoms with E-state index in [-0.39, 0.29) is 5.41 Å². The van der Waals surface area contributed by atoms with Crippen molar-refractivity contribution in [3.8, 4) is 67.3 Å². The first-order chi connectivity index (χ1) is 28.0. The first-order valence-corrected chi connectivity index (χ1v) is 19.7. The maximum Gasteiger partial charge on any atom is 0.161 e. The second-order valence-corrected chi connectivity index (χ2v) is 15.8. The molecule has 10 aromatic rings. The number of rotatable bonds is 5. The fraction of sp³-hybridized carbons (Fsp3) is 0.0545. The first kappa shape index (κ1) is 33.2. The van der Waals surface area contributed by atoms with Crippen molar-refractivity contribution in [1.29, 1.82) is 0 Å². The molecule has 0 bridgehead atoms. The van der Waals surface area contributed by atoms with Crippen LogP contribution < -0.4 is 0 Å². The van der Waals surface area contributed by atoms with Crippen LogP contribution in [0, 0.1) is 0 Å². The number of nitrogens with zero attached hydrogens (tertiary/aromatic N) is 2. The zero-order valence-electron chi connectivity index (χ0n) is 31.9. The van der Waals surface area contributed by atoms with Crippen LogP contribution in [0.3, 0.4) is 0 Å². The number of hydrogen-bond donors (Lipinski definition) is 0. The molecule has 57 heavy (non-hydrogen) atoms. The zero-order chi connectivity index (χ0) is 38.1. The summed E-state index contributed by atoms with van der Waals surface area (Å²) < 4.78 is 0. The van der Waals surface area contributed by atoms with Gasteiger partial charge in [0.05, 0.1) is 11.4 Å². The molecule has 0 amide bonds. The van der Waals surface area contributed by atoms with Crippen molar-refractivity contribution in [3.63, 3.8) is 0 Å². The van der Waals surface area contributed by atoms with Crippen LogP contribution in [0.5, 0.6) is 0 Å². The van der Waals surface area contributed by atoms with Gasteiger partial charge in [0.25, 0.3) is 0 Å². The molecule has 268 valence electrons. The van der Waals surface area contributed by atoms with E-state index >= 15 is 0 Å². The SMILES string of the molecule is CC1(C)c2cc(-c3ccc(-c4nc(-c5ccccc5)cc(-c5cccc(-c6ccc7ccccc7c6)c5)n4)c4ccccc34)ccc2-c2cc3ccccc3cc21. The molecule has 1 aliphatic carbocycles. The van der Waals surface area contributed by atoms with E-state index < -0.39 is 0 Å². The Labute approximate surface area is 332 Å². The minimum atomic E-state index is -0.117. The highest BCUT2D eigenvalue weighted by atomic mass is 14.9. The van der Waals surface area contributed by atoms with Gasteiger partial charge in [-0.2, -0.15) is 0 Å². The molecule has 1 heterocycles. The van der Waals surface area contributed by atoms with Crippen LogP contribution in [-0.4, -0.2) is 9.97 Å². The van der Waals surface area contributed by atoms with Gasteiger partial charge < -0.3 is 0 Å². The summed E-state index contributed by atoms with van der Waals surface area (Å²) in [6.45, 7) is 4.73. The molecular weight excluding hydrogens is 689 g/mol. The molecule has 9 aromatic carbocycles. The fourth-order valence-electron chi connectivity index (χ4n) is 9.03. The molecule has 11 rings (SSSR count). The van der Waals surface area contributed by atoms with E-state index in [9.17, 15) is 0 Å². The lowest BCUT2D eigenvalue weighted by atomic mass is 9.81. The van der Waals surface area contributed by atoms with Crippen LogP contribution in [0.1, 0.15) is 25.0 Å². The first-order valence-electron chi connectivity index (χ1n) is 19.7. The lowest BCUT2D eigenvalue weighted by molar-refractivity contribution is 0.661. The van der Waals surface area contributed by atoms with Gasteiger partial charge in [-0.15, -0.1) is 0 Å². The predicted molar refractivity (Wildman–Crippen MR) is 239 cm³/mol. The third kappa shape index (κ3) is 5.56. The van der Waals surface area contributed by atoms with E-state index in [1.54, 1.807) is 0 Å². The van der Waals surface area contributed by atoms with Crippen LogP contribution in [-0.2, 0) is 5.41 Å². The Bertz CT molecular complexity index is 3210. The number of benzene rings is 9. The Morgan fingerprint density at radius 3 is 1.65 bits per heavy atom. The molecule has 2 nitrogen and oxygen atoms in total. The summed E-state index contributed by atoms with van der Waals surface area (Å²) in [5.74, 6) is 0.711. The molecule has 1 aliphatic rings. The molecule has 0 aliphatic heterocycles. The van der Waals surface area contributed by atoms with E-state index in [1.165, 1.54) is 65.9 Å². The molecule has 0 saturated heterocycles. The van der Waals surface area contributed by atoms with Gasteiger partial charge in [-0.25, -0.2) is 9.97 Å². The van der Waals surface area contributed by atoms with Crippen molar-refractivity contribution in [1.82, 2.24) is 9.97 Å². The molecule has 1 aromatic heterocycles. The van der Waals surface area contributed by atoms with Crippen molar-refractivity contribution >= 4 is 32.3 Å². The normalized spacial score (nSPS) is 12.9. The number of hydrogen-bond acceptors (Lipinski definition) is 2. The quantitative estimate of drug-likeness (QED) is 0.176. The van der Waals surface area contributed by atoms with Crippen molar-refractivity contribution in [2.75, 3.05) is 0 Å². The Balaban J connectivity index is 1.04. The summed E-state index contributed by atoms with van der Waals surface area (Å²) in [5.41, 5.74) is 15.0. The number of fused-ring (bicyclic) bond motifs is 6. The van der Waals surface area contributed by atoms with Crippen LogP contribution in [0.4, 0.5) is 0 Å². The summed E-state index contributed by atoms with van der Waals surface area (Å²) >= 11 is 0. The highest BCUT2D eigenvalue weighted by Gasteiger charge is 2.36. The Morgan fingerprint density at radius 2 is 0.860 bits per heavy atom. The Kier molecular flexibility index (Phi) is 7.55. The predicted octanol–water partition coefficient (Wildman–Crippen LogP) is 14.6. The number of aromatic nitrogens is 2. The van der Waals surface area contributed by atoms with Gasteiger partial charge in [0.1, 0.15) is 0 Å². The van der Waals surface area contributed by atoms with Gasteiger partial charge in [-0.05, 0) is 119 Å². The topological polar surface area (TPSA) is 25.8 Å². The molecular formula is C55H38N2. The fourth-order valence-corrected chi connectivity index (χ4v) is 9.03. The van der Waals surface area contributed by atoms with Crippen LogP contribution in [0.15, 0.2) is 194 Å². The molecule has 0 N–H and O–H groups in total. The molecule has 0 fully saturated rings. The highest BCUT2D eigenvalue weighted by molar-refractivity contribution is 6.05. The smallest absolute Gasteiger partial charge is 0.161 e. The van der Waals surface area contributed by atoms with Crippen LogP contribution in [0.25, 0.3) is 99.6 Å². The van der Waals surface area contributed by atoms with E-state index in [0.29, 0.717) is 5.82 Å². The van der Waals surface area contributed by atoms with Gasteiger partial charge in [-0.3, -0.25) is 0 Å². The molecule has 0 unspecified atom stereocenters. The van der Waals surface area contributed by atoms with E-state index in [4.69, 9.17) is 9.97 Å². The minimum Gasteiger partial charge on any atom is -0.228 e.